The molecule has 0 aromatic heterocycles. The highest BCUT2D eigenvalue weighted by atomic mass is 16.5. The first-order valence-electron chi connectivity index (χ1n) is 11.8. The van der Waals surface area contributed by atoms with Crippen LogP contribution in [-0.4, -0.2) is 59.3 Å². The van der Waals surface area contributed by atoms with Crippen molar-refractivity contribution in [1.82, 2.24) is 4.90 Å². The van der Waals surface area contributed by atoms with E-state index in [-0.39, 0.29) is 12.1 Å². The van der Waals surface area contributed by atoms with Gasteiger partial charge in [-0.1, -0.05) is 61.9 Å². The molecular weight excluding hydrogens is 448 g/mol. The summed E-state index contributed by atoms with van der Waals surface area (Å²) in [6.07, 6.45) is 5.77. The summed E-state index contributed by atoms with van der Waals surface area (Å²) < 4.78 is 6.03. The minimum absolute atomic E-state index is 0.0230. The first kappa shape index (κ1) is 26.1. The number of benzene rings is 2. The van der Waals surface area contributed by atoms with Crippen LogP contribution in [0.15, 0.2) is 66.7 Å². The van der Waals surface area contributed by atoms with Gasteiger partial charge in [-0.2, -0.15) is 0 Å². The number of anilines is 1. The predicted octanol–water partition coefficient (Wildman–Crippen LogP) is 3.86. The Morgan fingerprint density at radius 3 is 2.09 bits per heavy atom. The summed E-state index contributed by atoms with van der Waals surface area (Å²) in [7, 11) is 1.65. The minimum Gasteiger partial charge on any atom is -0.478 e. The van der Waals surface area contributed by atoms with Crippen LogP contribution in [0.5, 0.6) is 0 Å². The molecule has 2 aromatic rings. The molecule has 0 saturated carbocycles. The van der Waals surface area contributed by atoms with Gasteiger partial charge in [0, 0.05) is 37.9 Å². The number of aliphatic carboxylic acids is 2. The fourth-order valence-electron chi connectivity index (χ4n) is 4.90. The summed E-state index contributed by atoms with van der Waals surface area (Å²) in [5.74, 6) is -2.49. The number of carboxylic acid groups (broad SMARTS) is 2. The lowest BCUT2D eigenvalue weighted by molar-refractivity contribution is -0.136. The SMILES string of the molecule is CCC(N1CCCCC1)N1C(=O)C(OC)(c2ccccc2)c2ccccc21.O=C(O)/C=C\C(=O)O. The van der Waals surface area contributed by atoms with Gasteiger partial charge in [-0.3, -0.25) is 14.6 Å². The van der Waals surface area contributed by atoms with E-state index in [2.05, 4.69) is 17.9 Å². The van der Waals surface area contributed by atoms with Crippen LogP contribution in [0.2, 0.25) is 0 Å². The summed E-state index contributed by atoms with van der Waals surface area (Å²) in [5.41, 5.74) is 1.74. The van der Waals surface area contributed by atoms with Crippen molar-refractivity contribution in [3.8, 4) is 0 Å². The van der Waals surface area contributed by atoms with Crippen molar-refractivity contribution in [2.45, 2.75) is 44.4 Å². The van der Waals surface area contributed by atoms with Gasteiger partial charge in [0.05, 0.1) is 11.9 Å². The molecule has 1 amide bonds. The van der Waals surface area contributed by atoms with Crippen molar-refractivity contribution >= 4 is 23.5 Å². The maximum atomic E-state index is 13.9. The molecule has 8 nitrogen and oxygen atoms in total. The van der Waals surface area contributed by atoms with E-state index in [1.54, 1.807) is 7.11 Å². The molecule has 2 heterocycles. The van der Waals surface area contributed by atoms with Crippen molar-refractivity contribution < 1.29 is 29.3 Å². The summed E-state index contributed by atoms with van der Waals surface area (Å²) >= 11 is 0. The van der Waals surface area contributed by atoms with E-state index in [0.29, 0.717) is 12.2 Å². The standard InChI is InChI=1S/C23H28N2O2.C4H4O4/c1-3-21(24-16-10-5-11-17-24)25-20-15-9-8-14-19(20)23(27-2,22(25)26)18-12-6-4-7-13-18;5-3(6)1-2-4(7)8/h4,6-9,12-15,21H,3,5,10-11,16-17H2,1-2H3;1-2H,(H,5,6)(H,7,8)/b;2-1-. The Bertz CT molecular complexity index is 1050. The number of likely N-dealkylation sites (tertiary alicyclic amines) is 1. The first-order valence-corrected chi connectivity index (χ1v) is 11.8. The Hall–Kier alpha value is -3.49. The van der Waals surface area contributed by atoms with Gasteiger partial charge in [0.25, 0.3) is 5.91 Å². The number of carboxylic acids is 2. The second-order valence-electron chi connectivity index (χ2n) is 8.44. The highest BCUT2D eigenvalue weighted by molar-refractivity contribution is 6.09. The van der Waals surface area contributed by atoms with Gasteiger partial charge in [0.15, 0.2) is 5.60 Å². The second-order valence-corrected chi connectivity index (χ2v) is 8.44. The molecule has 0 bridgehead atoms. The first-order chi connectivity index (χ1) is 16.9. The van der Waals surface area contributed by atoms with Gasteiger partial charge in [0.2, 0.25) is 0 Å². The lowest BCUT2D eigenvalue weighted by Crippen LogP contribution is -2.54. The lowest BCUT2D eigenvalue weighted by Gasteiger charge is -2.40. The van der Waals surface area contributed by atoms with Crippen molar-refractivity contribution in [2.24, 2.45) is 0 Å². The number of carbonyl (C=O) groups is 3. The average molecular weight is 481 g/mol. The number of hydrogen-bond donors (Lipinski definition) is 2. The normalized spacial score (nSPS) is 20.7. The highest BCUT2D eigenvalue weighted by Gasteiger charge is 2.54. The van der Waals surface area contributed by atoms with Crippen LogP contribution >= 0.6 is 0 Å². The van der Waals surface area contributed by atoms with Crippen molar-refractivity contribution in [3.63, 3.8) is 0 Å². The molecule has 0 aliphatic carbocycles. The largest absolute Gasteiger partial charge is 0.478 e. The average Bonchev–Trinajstić information content (AvgIpc) is 3.13. The summed E-state index contributed by atoms with van der Waals surface area (Å²) in [5, 5.41) is 15.6. The van der Waals surface area contributed by atoms with Gasteiger partial charge < -0.3 is 14.9 Å². The number of rotatable bonds is 7. The molecule has 2 N–H and O–H groups in total. The molecule has 186 valence electrons. The summed E-state index contributed by atoms with van der Waals surface area (Å²) in [6, 6.07) is 18.0. The smallest absolute Gasteiger partial charge is 0.328 e. The molecule has 1 saturated heterocycles. The van der Waals surface area contributed by atoms with Crippen LogP contribution in [-0.2, 0) is 24.7 Å². The van der Waals surface area contributed by atoms with E-state index < -0.39 is 17.5 Å². The van der Waals surface area contributed by atoms with Crippen LogP contribution in [0, 0.1) is 0 Å². The highest BCUT2D eigenvalue weighted by Crippen LogP contribution is 2.48. The third kappa shape index (κ3) is 5.44. The van der Waals surface area contributed by atoms with Gasteiger partial charge in [-0.05, 0) is 30.9 Å². The Morgan fingerprint density at radius 1 is 0.971 bits per heavy atom. The monoisotopic (exact) mass is 480 g/mol. The minimum atomic E-state index is -1.26. The molecule has 2 aliphatic rings. The molecule has 1 fully saturated rings. The third-order valence-electron chi connectivity index (χ3n) is 6.39. The molecule has 35 heavy (non-hydrogen) atoms. The topological polar surface area (TPSA) is 107 Å². The molecular formula is C27H32N2O6. The van der Waals surface area contributed by atoms with Crippen LogP contribution in [0.1, 0.15) is 43.7 Å². The Kier molecular flexibility index (Phi) is 8.78. The number of para-hydroxylation sites is 1. The van der Waals surface area contributed by atoms with Crippen molar-refractivity contribution in [2.75, 3.05) is 25.1 Å². The maximum absolute atomic E-state index is 13.9. The number of nitrogens with zero attached hydrogens (tertiary/aromatic N) is 2. The van der Waals surface area contributed by atoms with E-state index in [1.165, 1.54) is 19.3 Å². The second kappa shape index (κ2) is 11.8. The van der Waals surface area contributed by atoms with Crippen molar-refractivity contribution in [3.05, 3.63) is 77.9 Å². The molecule has 8 heteroatoms. The molecule has 0 radical (unpaired) electrons. The summed E-state index contributed by atoms with van der Waals surface area (Å²) in [4.78, 5) is 37.5. The van der Waals surface area contributed by atoms with E-state index in [9.17, 15) is 14.4 Å². The van der Waals surface area contributed by atoms with Gasteiger partial charge in [-0.25, -0.2) is 9.59 Å². The lowest BCUT2D eigenvalue weighted by atomic mass is 9.87. The number of carbonyl (C=O) groups excluding carboxylic acids is 1. The Morgan fingerprint density at radius 2 is 1.54 bits per heavy atom. The van der Waals surface area contributed by atoms with Gasteiger partial charge in [0.1, 0.15) is 0 Å². The number of ether oxygens (including phenoxy) is 1. The van der Waals surface area contributed by atoms with Crippen molar-refractivity contribution in [1.29, 1.82) is 0 Å². The number of methoxy groups -OCH3 is 1. The van der Waals surface area contributed by atoms with Gasteiger partial charge in [-0.15, -0.1) is 0 Å². The van der Waals surface area contributed by atoms with E-state index >= 15 is 0 Å². The fraction of sp³-hybridized carbons (Fsp3) is 0.370. The molecule has 4 rings (SSSR count). The third-order valence-corrected chi connectivity index (χ3v) is 6.39. The zero-order chi connectivity index (χ0) is 25.4. The Balaban J connectivity index is 0.000000371. The number of fused-ring (bicyclic) bond motifs is 1. The molecule has 0 spiro atoms. The quantitative estimate of drug-likeness (QED) is 0.580. The molecule has 2 aliphatic heterocycles. The number of hydrogen-bond acceptors (Lipinski definition) is 5. The van der Waals surface area contributed by atoms with E-state index in [4.69, 9.17) is 14.9 Å². The Labute approximate surface area is 205 Å². The van der Waals surface area contributed by atoms with E-state index in [1.807, 2.05) is 53.4 Å². The molecule has 2 atom stereocenters. The number of amides is 1. The summed E-state index contributed by atoms with van der Waals surface area (Å²) in [6.45, 7) is 4.27. The zero-order valence-corrected chi connectivity index (χ0v) is 20.1. The fourth-order valence-corrected chi connectivity index (χ4v) is 4.90. The van der Waals surface area contributed by atoms with E-state index in [0.717, 1.165) is 36.3 Å². The van der Waals surface area contributed by atoms with Gasteiger partial charge >= 0.3 is 11.9 Å². The maximum Gasteiger partial charge on any atom is 0.328 e. The van der Waals surface area contributed by atoms with Crippen LogP contribution in [0.4, 0.5) is 5.69 Å². The van der Waals surface area contributed by atoms with Crippen LogP contribution in [0.3, 0.4) is 0 Å². The zero-order valence-electron chi connectivity index (χ0n) is 20.1. The molecule has 2 unspecified atom stereocenters. The predicted molar refractivity (Wildman–Crippen MR) is 132 cm³/mol. The van der Waals surface area contributed by atoms with Crippen LogP contribution < -0.4 is 4.90 Å². The molecule has 2 aromatic carbocycles. The number of piperidine rings is 1. The van der Waals surface area contributed by atoms with Crippen LogP contribution in [0.25, 0.3) is 0 Å².